The second-order valence-electron chi connectivity index (χ2n) is 5.25. The average molecular weight is 317 g/mol. The quantitative estimate of drug-likeness (QED) is 0.943. The predicted octanol–water partition coefficient (Wildman–Crippen LogP) is 3.37. The van der Waals surface area contributed by atoms with Gasteiger partial charge >= 0.3 is 0 Å². The predicted molar refractivity (Wildman–Crippen MR) is 87.5 cm³/mol. The minimum atomic E-state index is -0.284. The number of amides is 1. The second-order valence-corrected chi connectivity index (χ2v) is 5.69. The largest absolute Gasteiger partial charge is 0.370 e. The first-order valence-electron chi connectivity index (χ1n) is 7.36. The number of carbonyl (C=O) groups is 1. The van der Waals surface area contributed by atoms with Gasteiger partial charge in [0, 0.05) is 30.5 Å². The molecule has 0 radical (unpaired) electrons. The van der Waals surface area contributed by atoms with Crippen LogP contribution in [0, 0.1) is 0 Å². The van der Waals surface area contributed by atoms with Crippen molar-refractivity contribution in [2.75, 3.05) is 23.3 Å². The van der Waals surface area contributed by atoms with Crippen molar-refractivity contribution < 1.29 is 4.79 Å². The van der Waals surface area contributed by atoms with Crippen LogP contribution in [0.25, 0.3) is 0 Å². The number of piperidine rings is 1. The Hall–Kier alpha value is -2.14. The molecule has 1 N–H and O–H groups in total. The number of anilines is 2. The van der Waals surface area contributed by atoms with E-state index >= 15 is 0 Å². The number of carbonyl (C=O) groups excluding carboxylic acids is 1. The van der Waals surface area contributed by atoms with Gasteiger partial charge in [-0.25, -0.2) is 4.98 Å². The number of aromatic nitrogens is 2. The third kappa shape index (κ3) is 3.36. The van der Waals surface area contributed by atoms with Crippen molar-refractivity contribution in [3.05, 3.63) is 47.5 Å². The van der Waals surface area contributed by atoms with Crippen molar-refractivity contribution in [2.45, 2.75) is 19.3 Å². The maximum atomic E-state index is 12.3. The molecule has 1 fully saturated rings. The molecule has 0 atom stereocenters. The van der Waals surface area contributed by atoms with Crippen LogP contribution in [-0.2, 0) is 0 Å². The number of rotatable bonds is 3. The lowest BCUT2D eigenvalue weighted by atomic mass is 10.1. The molecular weight excluding hydrogens is 300 g/mol. The Kier molecular flexibility index (Phi) is 4.53. The molecule has 3 rings (SSSR count). The summed E-state index contributed by atoms with van der Waals surface area (Å²) < 4.78 is 0. The van der Waals surface area contributed by atoms with Gasteiger partial charge in [0.2, 0.25) is 0 Å². The zero-order valence-corrected chi connectivity index (χ0v) is 12.9. The summed E-state index contributed by atoms with van der Waals surface area (Å²) in [5.41, 5.74) is 2.00. The lowest BCUT2D eigenvalue weighted by Gasteiger charge is -2.30. The number of nitrogens with zero attached hydrogens (tertiary/aromatic N) is 3. The molecule has 1 aliphatic rings. The van der Waals surface area contributed by atoms with Gasteiger partial charge in [-0.3, -0.25) is 9.78 Å². The molecule has 2 aromatic rings. The van der Waals surface area contributed by atoms with Gasteiger partial charge < -0.3 is 10.2 Å². The first kappa shape index (κ1) is 14.8. The van der Waals surface area contributed by atoms with E-state index in [-0.39, 0.29) is 11.6 Å². The maximum Gasteiger partial charge on any atom is 0.275 e. The van der Waals surface area contributed by atoms with E-state index in [0.717, 1.165) is 18.8 Å². The van der Waals surface area contributed by atoms with Crippen molar-refractivity contribution in [1.29, 1.82) is 0 Å². The van der Waals surface area contributed by atoms with Crippen LogP contribution in [0.3, 0.4) is 0 Å². The van der Waals surface area contributed by atoms with E-state index in [1.165, 1.54) is 37.9 Å². The molecule has 0 unspecified atom stereocenters. The summed E-state index contributed by atoms with van der Waals surface area (Å²) in [5.74, 6) is -0.284. The van der Waals surface area contributed by atoms with Gasteiger partial charge in [-0.15, -0.1) is 0 Å². The van der Waals surface area contributed by atoms with Gasteiger partial charge in [0.25, 0.3) is 5.91 Å². The Morgan fingerprint density at radius 1 is 1.18 bits per heavy atom. The van der Waals surface area contributed by atoms with E-state index in [1.54, 1.807) is 6.07 Å². The van der Waals surface area contributed by atoms with Gasteiger partial charge in [-0.1, -0.05) is 11.6 Å². The highest BCUT2D eigenvalue weighted by molar-refractivity contribution is 6.31. The highest BCUT2D eigenvalue weighted by Crippen LogP contribution is 2.31. The van der Waals surface area contributed by atoms with E-state index in [1.807, 2.05) is 12.1 Å². The van der Waals surface area contributed by atoms with E-state index in [9.17, 15) is 4.79 Å². The minimum absolute atomic E-state index is 0.284. The van der Waals surface area contributed by atoms with Gasteiger partial charge in [0.1, 0.15) is 5.69 Å². The SMILES string of the molecule is O=C(Nc1cc(Cl)ccc1N1CCCCC1)c1cnccn1. The van der Waals surface area contributed by atoms with Crippen LogP contribution in [0.2, 0.25) is 5.02 Å². The first-order valence-corrected chi connectivity index (χ1v) is 7.74. The third-order valence-corrected chi connectivity index (χ3v) is 3.93. The summed E-state index contributed by atoms with van der Waals surface area (Å²) in [7, 11) is 0. The highest BCUT2D eigenvalue weighted by atomic mass is 35.5. The molecule has 1 aromatic heterocycles. The lowest BCUT2D eigenvalue weighted by Crippen LogP contribution is -2.30. The Balaban J connectivity index is 1.85. The Morgan fingerprint density at radius 2 is 2.00 bits per heavy atom. The zero-order valence-electron chi connectivity index (χ0n) is 12.1. The third-order valence-electron chi connectivity index (χ3n) is 3.70. The van der Waals surface area contributed by atoms with Gasteiger partial charge in [0.05, 0.1) is 17.6 Å². The molecule has 5 nitrogen and oxygen atoms in total. The fourth-order valence-electron chi connectivity index (χ4n) is 2.62. The zero-order chi connectivity index (χ0) is 15.4. The van der Waals surface area contributed by atoms with E-state index in [0.29, 0.717) is 10.7 Å². The number of halogens is 1. The van der Waals surface area contributed by atoms with E-state index in [4.69, 9.17) is 11.6 Å². The molecule has 1 aromatic carbocycles. The van der Waals surface area contributed by atoms with Crippen LogP contribution in [0.15, 0.2) is 36.8 Å². The number of hydrogen-bond acceptors (Lipinski definition) is 4. The summed E-state index contributed by atoms with van der Waals surface area (Å²) in [5, 5.41) is 3.49. The molecule has 114 valence electrons. The second kappa shape index (κ2) is 6.75. The summed E-state index contributed by atoms with van der Waals surface area (Å²) in [6, 6.07) is 5.59. The van der Waals surface area contributed by atoms with Gasteiger partial charge in [0.15, 0.2) is 0 Å². The van der Waals surface area contributed by atoms with E-state index < -0.39 is 0 Å². The molecule has 1 aliphatic heterocycles. The van der Waals surface area contributed by atoms with Crippen LogP contribution in [-0.4, -0.2) is 29.0 Å². The lowest BCUT2D eigenvalue weighted by molar-refractivity contribution is 0.102. The monoisotopic (exact) mass is 316 g/mol. The van der Waals surface area contributed by atoms with Gasteiger partial charge in [-0.05, 0) is 37.5 Å². The summed E-state index contributed by atoms with van der Waals surface area (Å²) in [6.07, 6.45) is 8.07. The normalized spacial score (nSPS) is 14.7. The van der Waals surface area contributed by atoms with Crippen LogP contribution < -0.4 is 10.2 Å². The molecular formula is C16H17ClN4O. The highest BCUT2D eigenvalue weighted by Gasteiger charge is 2.17. The molecule has 22 heavy (non-hydrogen) atoms. The minimum Gasteiger partial charge on any atom is -0.370 e. The summed E-state index contributed by atoms with van der Waals surface area (Å²) in [6.45, 7) is 1.99. The van der Waals surface area contributed by atoms with Crippen molar-refractivity contribution in [2.24, 2.45) is 0 Å². The number of nitrogens with one attached hydrogen (secondary N) is 1. The molecule has 2 heterocycles. The molecule has 6 heteroatoms. The van der Waals surface area contributed by atoms with Crippen molar-refractivity contribution >= 4 is 28.9 Å². The Morgan fingerprint density at radius 3 is 2.73 bits per heavy atom. The smallest absolute Gasteiger partial charge is 0.275 e. The summed E-state index contributed by atoms with van der Waals surface area (Å²) in [4.78, 5) is 22.5. The van der Waals surface area contributed by atoms with Gasteiger partial charge in [-0.2, -0.15) is 0 Å². The molecule has 0 bridgehead atoms. The van der Waals surface area contributed by atoms with Crippen LogP contribution in [0.4, 0.5) is 11.4 Å². The number of hydrogen-bond donors (Lipinski definition) is 1. The molecule has 0 saturated carbocycles. The van der Waals surface area contributed by atoms with Crippen LogP contribution in [0.5, 0.6) is 0 Å². The standard InChI is InChI=1S/C16H17ClN4O/c17-12-4-5-15(21-8-2-1-3-9-21)13(10-12)20-16(22)14-11-18-6-7-19-14/h4-7,10-11H,1-3,8-9H2,(H,20,22). The fourth-order valence-corrected chi connectivity index (χ4v) is 2.79. The topological polar surface area (TPSA) is 58.1 Å². The van der Waals surface area contributed by atoms with Crippen molar-refractivity contribution in [1.82, 2.24) is 9.97 Å². The Labute approximate surface area is 134 Å². The fraction of sp³-hybridized carbons (Fsp3) is 0.312. The molecule has 1 saturated heterocycles. The Bertz CT molecular complexity index is 656. The van der Waals surface area contributed by atoms with Crippen molar-refractivity contribution in [3.8, 4) is 0 Å². The molecule has 1 amide bonds. The average Bonchev–Trinajstić information content (AvgIpc) is 2.56. The van der Waals surface area contributed by atoms with E-state index in [2.05, 4.69) is 20.2 Å². The first-order chi connectivity index (χ1) is 10.7. The van der Waals surface area contributed by atoms with Crippen LogP contribution >= 0.6 is 11.6 Å². The van der Waals surface area contributed by atoms with Crippen LogP contribution in [0.1, 0.15) is 29.8 Å². The van der Waals surface area contributed by atoms with Crippen molar-refractivity contribution in [3.63, 3.8) is 0 Å². The molecule has 0 spiro atoms. The number of benzene rings is 1. The summed E-state index contributed by atoms with van der Waals surface area (Å²) >= 11 is 6.09. The molecule has 0 aliphatic carbocycles. The maximum absolute atomic E-state index is 12.3.